The van der Waals surface area contributed by atoms with Crippen LogP contribution in [0.1, 0.15) is 89.9 Å². The van der Waals surface area contributed by atoms with E-state index in [1.54, 1.807) is 12.8 Å². The summed E-state index contributed by atoms with van der Waals surface area (Å²) in [7, 11) is 0. The smallest absolute Gasteiger partial charge is 0.0151 e. The van der Waals surface area contributed by atoms with Crippen LogP contribution in [-0.2, 0) is 0 Å². The van der Waals surface area contributed by atoms with Gasteiger partial charge < -0.3 is 0 Å². The maximum Gasteiger partial charge on any atom is 0.0151 e. The predicted molar refractivity (Wildman–Crippen MR) is 125 cm³/mol. The SMILES string of the molecule is BrC1CCC2C(C1)/C(=C1\C3CCCCC3C3CCC(Br)CC13)C1CCCCC12. The van der Waals surface area contributed by atoms with Crippen molar-refractivity contribution in [2.75, 3.05) is 0 Å². The van der Waals surface area contributed by atoms with Crippen molar-refractivity contribution in [2.45, 2.75) is 99.5 Å². The van der Waals surface area contributed by atoms with Crippen LogP contribution in [0.2, 0.25) is 0 Å². The first-order valence-electron chi connectivity index (χ1n) is 12.7. The quantitative estimate of drug-likeness (QED) is 0.227. The topological polar surface area (TPSA) is 0 Å². The third kappa shape index (κ3) is 3.00. The molecular formula is C26H38Br2. The highest BCUT2D eigenvalue weighted by Gasteiger charge is 2.55. The molecule has 0 saturated heterocycles. The van der Waals surface area contributed by atoms with Crippen molar-refractivity contribution in [3.8, 4) is 0 Å². The summed E-state index contributed by atoms with van der Waals surface area (Å²) in [5.74, 6) is 8.12. The molecule has 6 rings (SSSR count). The molecule has 0 aromatic carbocycles. The zero-order valence-electron chi connectivity index (χ0n) is 17.4. The largest absolute Gasteiger partial charge is 0.0890 e. The molecule has 0 radical (unpaired) electrons. The van der Waals surface area contributed by atoms with Gasteiger partial charge in [0.2, 0.25) is 0 Å². The van der Waals surface area contributed by atoms with Crippen LogP contribution in [0.5, 0.6) is 0 Å². The van der Waals surface area contributed by atoms with Crippen LogP contribution in [-0.4, -0.2) is 9.65 Å². The molecule has 6 saturated carbocycles. The molecule has 0 bridgehead atoms. The average Bonchev–Trinajstić information content (AvgIpc) is 3.19. The molecule has 10 atom stereocenters. The molecule has 28 heavy (non-hydrogen) atoms. The van der Waals surface area contributed by atoms with Gasteiger partial charge in [0.1, 0.15) is 0 Å². The Bertz CT molecular complexity index is 584. The van der Waals surface area contributed by atoms with E-state index in [1.165, 1.54) is 77.0 Å². The van der Waals surface area contributed by atoms with Crippen molar-refractivity contribution in [3.05, 3.63) is 11.1 Å². The minimum atomic E-state index is 0.791. The summed E-state index contributed by atoms with van der Waals surface area (Å²) in [6, 6.07) is 0. The predicted octanol–water partition coefficient (Wildman–Crippen LogP) is 8.28. The summed E-state index contributed by atoms with van der Waals surface area (Å²) in [6.45, 7) is 0. The number of hydrogen-bond donors (Lipinski definition) is 0. The molecule has 6 aliphatic rings. The highest BCUT2D eigenvalue weighted by Crippen LogP contribution is 2.65. The molecule has 6 aliphatic carbocycles. The Labute approximate surface area is 189 Å². The molecule has 10 unspecified atom stereocenters. The van der Waals surface area contributed by atoms with E-state index >= 15 is 0 Å². The summed E-state index contributed by atoms with van der Waals surface area (Å²) in [5.41, 5.74) is 4.23. The molecule has 6 fully saturated rings. The first-order chi connectivity index (χ1) is 13.7. The number of halogens is 2. The maximum atomic E-state index is 4.08. The minimum Gasteiger partial charge on any atom is -0.0890 e. The lowest BCUT2D eigenvalue weighted by Gasteiger charge is -2.35. The molecule has 0 nitrogen and oxygen atoms in total. The van der Waals surface area contributed by atoms with Crippen LogP contribution in [0.3, 0.4) is 0 Å². The molecule has 0 spiro atoms. The first kappa shape index (κ1) is 19.4. The normalized spacial score (nSPS) is 55.9. The van der Waals surface area contributed by atoms with E-state index in [2.05, 4.69) is 43.0 Å². The summed E-state index contributed by atoms with van der Waals surface area (Å²) >= 11 is 8.15. The Morgan fingerprint density at radius 2 is 0.821 bits per heavy atom. The van der Waals surface area contributed by atoms with E-state index in [0.717, 1.165) is 57.0 Å². The zero-order valence-corrected chi connectivity index (χ0v) is 20.6. The van der Waals surface area contributed by atoms with E-state index in [4.69, 9.17) is 0 Å². The van der Waals surface area contributed by atoms with Gasteiger partial charge in [-0.05, 0) is 112 Å². The van der Waals surface area contributed by atoms with Gasteiger partial charge >= 0.3 is 0 Å². The van der Waals surface area contributed by atoms with E-state index in [-0.39, 0.29) is 0 Å². The third-order valence-electron chi connectivity index (χ3n) is 10.3. The van der Waals surface area contributed by atoms with Gasteiger partial charge in [0.05, 0.1) is 0 Å². The molecule has 0 aromatic heterocycles. The Morgan fingerprint density at radius 3 is 1.29 bits per heavy atom. The van der Waals surface area contributed by atoms with Crippen LogP contribution in [0.15, 0.2) is 11.1 Å². The Morgan fingerprint density at radius 1 is 0.429 bits per heavy atom. The second kappa shape index (κ2) is 7.68. The van der Waals surface area contributed by atoms with Crippen LogP contribution in [0, 0.1) is 47.3 Å². The van der Waals surface area contributed by atoms with Crippen molar-refractivity contribution in [1.82, 2.24) is 0 Å². The standard InChI is InChI=1S/C26H38Br2/c27-15-9-11-19-17-5-1-3-7-21(17)25(23(19)13-15)26-22-8-4-2-6-18(22)20-12-10-16(28)14-24(20)26/h15-24H,1-14H2/b26-25+. The van der Waals surface area contributed by atoms with Crippen molar-refractivity contribution < 1.29 is 0 Å². The molecule has 0 amide bonds. The summed E-state index contributed by atoms with van der Waals surface area (Å²) in [5, 5.41) is 0. The second-order valence-corrected chi connectivity index (χ2v) is 14.0. The number of alkyl halides is 2. The lowest BCUT2D eigenvalue weighted by molar-refractivity contribution is 0.187. The van der Waals surface area contributed by atoms with Gasteiger partial charge in [0, 0.05) is 9.65 Å². The molecular weight excluding hydrogens is 472 g/mol. The summed E-state index contributed by atoms with van der Waals surface area (Å²) < 4.78 is 0. The minimum absolute atomic E-state index is 0.791. The maximum absolute atomic E-state index is 4.08. The number of hydrogen-bond acceptors (Lipinski definition) is 0. The van der Waals surface area contributed by atoms with Crippen LogP contribution < -0.4 is 0 Å². The Balaban J connectivity index is 1.47. The molecule has 0 aromatic rings. The third-order valence-corrected chi connectivity index (χ3v) is 12.0. The summed E-state index contributed by atoms with van der Waals surface area (Å²) in [4.78, 5) is 1.58. The molecule has 156 valence electrons. The summed E-state index contributed by atoms with van der Waals surface area (Å²) in [6.07, 6.45) is 21.1. The van der Waals surface area contributed by atoms with Gasteiger partial charge in [-0.3, -0.25) is 0 Å². The van der Waals surface area contributed by atoms with Crippen molar-refractivity contribution >= 4 is 31.9 Å². The zero-order chi connectivity index (χ0) is 18.8. The van der Waals surface area contributed by atoms with Gasteiger partial charge in [-0.1, -0.05) is 68.7 Å². The van der Waals surface area contributed by atoms with Crippen LogP contribution in [0.4, 0.5) is 0 Å². The first-order valence-corrected chi connectivity index (χ1v) is 14.6. The highest BCUT2D eigenvalue weighted by molar-refractivity contribution is 9.09. The molecule has 0 aliphatic heterocycles. The van der Waals surface area contributed by atoms with Crippen molar-refractivity contribution in [2.24, 2.45) is 47.3 Å². The Kier molecular flexibility index (Phi) is 5.32. The Hall–Kier alpha value is 0.700. The van der Waals surface area contributed by atoms with E-state index in [1.807, 2.05) is 0 Å². The van der Waals surface area contributed by atoms with Crippen LogP contribution in [0.25, 0.3) is 0 Å². The monoisotopic (exact) mass is 508 g/mol. The van der Waals surface area contributed by atoms with Crippen molar-refractivity contribution in [3.63, 3.8) is 0 Å². The second-order valence-electron chi connectivity index (χ2n) is 11.4. The number of rotatable bonds is 0. The van der Waals surface area contributed by atoms with Gasteiger partial charge in [-0.2, -0.15) is 0 Å². The van der Waals surface area contributed by atoms with Gasteiger partial charge in [0.15, 0.2) is 0 Å². The lowest BCUT2D eigenvalue weighted by atomic mass is 9.73. The fourth-order valence-corrected chi connectivity index (χ4v) is 10.9. The van der Waals surface area contributed by atoms with Gasteiger partial charge in [-0.25, -0.2) is 0 Å². The fourth-order valence-electron chi connectivity index (χ4n) is 9.55. The van der Waals surface area contributed by atoms with Crippen molar-refractivity contribution in [1.29, 1.82) is 0 Å². The van der Waals surface area contributed by atoms with E-state index in [9.17, 15) is 0 Å². The fraction of sp³-hybridized carbons (Fsp3) is 0.923. The lowest BCUT2D eigenvalue weighted by Crippen LogP contribution is -2.27. The molecule has 2 heteroatoms. The molecule has 0 N–H and O–H groups in total. The molecule has 0 heterocycles. The van der Waals surface area contributed by atoms with Crippen LogP contribution >= 0.6 is 31.9 Å². The van der Waals surface area contributed by atoms with E-state index < -0.39 is 0 Å². The van der Waals surface area contributed by atoms with Gasteiger partial charge in [0.25, 0.3) is 0 Å². The number of allylic oxidation sites excluding steroid dienone is 2. The van der Waals surface area contributed by atoms with Gasteiger partial charge in [-0.15, -0.1) is 0 Å². The highest BCUT2D eigenvalue weighted by atomic mass is 79.9. The number of fused-ring (bicyclic) bond motifs is 6. The van der Waals surface area contributed by atoms with E-state index in [0.29, 0.717) is 0 Å². The average molecular weight is 510 g/mol.